The molecule has 1 unspecified atom stereocenters. The first-order chi connectivity index (χ1) is 7.29. The molecule has 0 saturated heterocycles. The van der Waals surface area contributed by atoms with Crippen molar-refractivity contribution < 1.29 is 0 Å². The van der Waals surface area contributed by atoms with Crippen LogP contribution in [-0.2, 0) is 6.54 Å². The van der Waals surface area contributed by atoms with Crippen LogP contribution in [-0.4, -0.2) is 16.1 Å². The molecule has 0 bridgehead atoms. The molecule has 1 heterocycles. The number of nitrogens with two attached hydrogens (primary N) is 1. The minimum absolute atomic E-state index is 0.691. The van der Waals surface area contributed by atoms with E-state index in [2.05, 4.69) is 15.6 Å². The number of allylic oxidation sites excluding steroid dienone is 1. The van der Waals surface area contributed by atoms with Gasteiger partial charge in [0.2, 0.25) is 0 Å². The number of nitrogens with zero attached hydrogens (tertiary/aromatic N) is 1. The Morgan fingerprint density at radius 3 is 3.13 bits per heavy atom. The molecular weight excluding hydrogens is 206 g/mol. The highest BCUT2D eigenvalue weighted by Crippen LogP contribution is 2.24. The van der Waals surface area contributed by atoms with Crippen molar-refractivity contribution in [3.8, 4) is 0 Å². The summed E-state index contributed by atoms with van der Waals surface area (Å²) in [5.41, 5.74) is 7.06. The summed E-state index contributed by atoms with van der Waals surface area (Å²) < 4.78 is 2.93. The highest BCUT2D eigenvalue weighted by Gasteiger charge is 2.15. The lowest BCUT2D eigenvalue weighted by Crippen LogP contribution is -2.17. The zero-order valence-corrected chi connectivity index (χ0v) is 9.59. The summed E-state index contributed by atoms with van der Waals surface area (Å²) in [5.74, 6) is 0.691. The Kier molecular flexibility index (Phi) is 3.38. The third-order valence-electron chi connectivity index (χ3n) is 3.00. The fourth-order valence-electron chi connectivity index (χ4n) is 2.17. The molecule has 1 aromatic rings. The molecule has 0 saturated carbocycles. The molecule has 0 spiro atoms. The van der Waals surface area contributed by atoms with Crippen LogP contribution in [0.1, 0.15) is 19.3 Å². The summed E-state index contributed by atoms with van der Waals surface area (Å²) >= 11 is 5.18. The maximum Gasteiger partial charge on any atom is 0.177 e. The van der Waals surface area contributed by atoms with E-state index < -0.39 is 0 Å². The van der Waals surface area contributed by atoms with Gasteiger partial charge in [-0.15, -0.1) is 0 Å². The van der Waals surface area contributed by atoms with E-state index in [0.717, 1.165) is 24.2 Å². The monoisotopic (exact) mass is 223 g/mol. The van der Waals surface area contributed by atoms with Gasteiger partial charge in [0.25, 0.3) is 0 Å². The highest BCUT2D eigenvalue weighted by molar-refractivity contribution is 7.71. The normalized spacial score (nSPS) is 21.4. The van der Waals surface area contributed by atoms with Gasteiger partial charge in [-0.25, -0.2) is 0 Å². The van der Waals surface area contributed by atoms with Crippen molar-refractivity contribution in [3.63, 3.8) is 0 Å². The Morgan fingerprint density at radius 1 is 1.60 bits per heavy atom. The summed E-state index contributed by atoms with van der Waals surface area (Å²) in [7, 11) is 0. The number of H-pyrrole nitrogens is 1. The van der Waals surface area contributed by atoms with E-state index in [9.17, 15) is 0 Å². The maximum absolute atomic E-state index is 5.67. The average Bonchev–Trinajstić information content (AvgIpc) is 2.65. The van der Waals surface area contributed by atoms with Gasteiger partial charge in [-0.1, -0.05) is 11.6 Å². The van der Waals surface area contributed by atoms with Crippen molar-refractivity contribution in [2.24, 2.45) is 11.7 Å². The Balaban J connectivity index is 2.00. The number of nitrogens with one attached hydrogen (secondary N) is 1. The first kappa shape index (κ1) is 10.6. The second kappa shape index (κ2) is 4.77. The lowest BCUT2D eigenvalue weighted by Gasteiger charge is -2.22. The van der Waals surface area contributed by atoms with Crippen LogP contribution in [0.4, 0.5) is 0 Å². The van der Waals surface area contributed by atoms with Crippen molar-refractivity contribution >= 4 is 12.2 Å². The molecule has 1 aliphatic carbocycles. The van der Waals surface area contributed by atoms with Gasteiger partial charge in [-0.2, -0.15) is 0 Å². The van der Waals surface area contributed by atoms with Crippen LogP contribution in [0, 0.1) is 10.7 Å². The van der Waals surface area contributed by atoms with Crippen LogP contribution >= 0.6 is 12.2 Å². The van der Waals surface area contributed by atoms with Gasteiger partial charge in [-0.05, 0) is 37.4 Å². The minimum Gasteiger partial charge on any atom is -0.337 e. The third kappa shape index (κ3) is 2.58. The van der Waals surface area contributed by atoms with Gasteiger partial charge in [0.15, 0.2) is 4.77 Å². The molecule has 0 radical (unpaired) electrons. The Hall–Kier alpha value is -0.870. The lowest BCUT2D eigenvalue weighted by molar-refractivity contribution is 0.396. The molecule has 1 aliphatic rings. The minimum atomic E-state index is 0.691. The van der Waals surface area contributed by atoms with Crippen molar-refractivity contribution in [2.75, 3.05) is 6.54 Å². The molecule has 0 fully saturated rings. The molecular formula is C11H17N3S. The van der Waals surface area contributed by atoms with Gasteiger partial charge in [0, 0.05) is 25.5 Å². The number of hydrogen-bond donors (Lipinski definition) is 2. The standard InChI is InChI=1S/C11H17N3S/c12-7-9-2-1-3-10(6-9)8-14-5-4-13-11(14)15/h2,4-5,10H,1,3,6-8,12H2,(H,13,15). The zero-order valence-electron chi connectivity index (χ0n) is 8.78. The first-order valence-corrected chi connectivity index (χ1v) is 5.82. The molecule has 1 atom stereocenters. The molecule has 2 rings (SSSR count). The summed E-state index contributed by atoms with van der Waals surface area (Å²) in [4.78, 5) is 3.02. The van der Waals surface area contributed by atoms with Crippen molar-refractivity contribution in [1.29, 1.82) is 0 Å². The fraction of sp³-hybridized carbons (Fsp3) is 0.545. The third-order valence-corrected chi connectivity index (χ3v) is 3.35. The second-order valence-electron chi connectivity index (χ2n) is 4.13. The van der Waals surface area contributed by atoms with Gasteiger partial charge in [0.1, 0.15) is 0 Å². The molecule has 0 amide bonds. The zero-order chi connectivity index (χ0) is 10.7. The van der Waals surface area contributed by atoms with E-state index in [1.165, 1.54) is 12.0 Å². The SMILES string of the molecule is NCC1=CCCC(Cn2cc[nH]c2=S)C1. The Bertz CT molecular complexity index is 402. The number of rotatable bonds is 3. The molecule has 3 nitrogen and oxygen atoms in total. The molecule has 82 valence electrons. The molecule has 3 N–H and O–H groups in total. The van der Waals surface area contributed by atoms with Crippen LogP contribution in [0.2, 0.25) is 0 Å². The van der Waals surface area contributed by atoms with Crippen LogP contribution in [0.5, 0.6) is 0 Å². The molecule has 0 aliphatic heterocycles. The maximum atomic E-state index is 5.67. The summed E-state index contributed by atoms with van der Waals surface area (Å²) in [6.07, 6.45) is 9.73. The van der Waals surface area contributed by atoms with Crippen molar-refractivity contribution in [2.45, 2.75) is 25.8 Å². The Morgan fingerprint density at radius 2 is 2.47 bits per heavy atom. The largest absolute Gasteiger partial charge is 0.337 e. The van der Waals surface area contributed by atoms with E-state index in [0.29, 0.717) is 12.5 Å². The van der Waals surface area contributed by atoms with Gasteiger partial charge < -0.3 is 15.3 Å². The van der Waals surface area contributed by atoms with Crippen molar-refractivity contribution in [1.82, 2.24) is 9.55 Å². The van der Waals surface area contributed by atoms with E-state index in [1.54, 1.807) is 0 Å². The van der Waals surface area contributed by atoms with Gasteiger partial charge in [-0.3, -0.25) is 0 Å². The molecule has 0 aromatic carbocycles. The van der Waals surface area contributed by atoms with Crippen LogP contribution in [0.15, 0.2) is 24.0 Å². The summed E-state index contributed by atoms with van der Waals surface area (Å²) in [6.45, 7) is 1.72. The Labute approximate surface area is 95.0 Å². The van der Waals surface area contributed by atoms with Crippen LogP contribution in [0.3, 0.4) is 0 Å². The quantitative estimate of drug-likeness (QED) is 0.610. The van der Waals surface area contributed by atoms with E-state index in [4.69, 9.17) is 18.0 Å². The topological polar surface area (TPSA) is 46.7 Å². The first-order valence-electron chi connectivity index (χ1n) is 5.41. The van der Waals surface area contributed by atoms with E-state index in [-0.39, 0.29) is 0 Å². The average molecular weight is 223 g/mol. The summed E-state index contributed by atoms with van der Waals surface area (Å²) in [5, 5.41) is 0. The van der Waals surface area contributed by atoms with Crippen LogP contribution < -0.4 is 5.73 Å². The smallest absolute Gasteiger partial charge is 0.177 e. The molecule has 1 aromatic heterocycles. The van der Waals surface area contributed by atoms with Gasteiger partial charge in [0.05, 0.1) is 0 Å². The molecule has 15 heavy (non-hydrogen) atoms. The second-order valence-corrected chi connectivity index (χ2v) is 4.52. The van der Waals surface area contributed by atoms with E-state index >= 15 is 0 Å². The van der Waals surface area contributed by atoms with Gasteiger partial charge >= 0.3 is 0 Å². The lowest BCUT2D eigenvalue weighted by atomic mass is 9.89. The summed E-state index contributed by atoms with van der Waals surface area (Å²) in [6, 6.07) is 0. The van der Waals surface area contributed by atoms with Crippen molar-refractivity contribution in [3.05, 3.63) is 28.8 Å². The van der Waals surface area contributed by atoms with E-state index in [1.807, 2.05) is 12.4 Å². The number of aromatic nitrogens is 2. The highest BCUT2D eigenvalue weighted by atomic mass is 32.1. The number of hydrogen-bond acceptors (Lipinski definition) is 2. The predicted octanol–water partition coefficient (Wildman–Crippen LogP) is 2.23. The predicted molar refractivity (Wildman–Crippen MR) is 64.1 cm³/mol. The fourth-order valence-corrected chi connectivity index (χ4v) is 2.38. The van der Waals surface area contributed by atoms with Crippen LogP contribution in [0.25, 0.3) is 0 Å². The molecule has 4 heteroatoms. The number of aromatic amines is 1. The number of imidazole rings is 1.